The first-order valence-electron chi connectivity index (χ1n) is 5.78. The molecular formula is C12H17ClN2O. The predicted octanol–water partition coefficient (Wildman–Crippen LogP) is 2.62. The number of hydrogen-bond donors (Lipinski definition) is 2. The average molecular weight is 241 g/mol. The van der Waals surface area contributed by atoms with Crippen LogP contribution in [-0.2, 0) is 6.42 Å². The lowest BCUT2D eigenvalue weighted by Crippen LogP contribution is -2.17. The van der Waals surface area contributed by atoms with Crippen LogP contribution in [0.4, 0.5) is 5.82 Å². The van der Waals surface area contributed by atoms with Crippen LogP contribution in [-0.4, -0.2) is 22.2 Å². The van der Waals surface area contributed by atoms with Crippen molar-refractivity contribution in [1.82, 2.24) is 4.98 Å². The van der Waals surface area contributed by atoms with Crippen molar-refractivity contribution in [3.8, 4) is 0 Å². The van der Waals surface area contributed by atoms with E-state index in [0.29, 0.717) is 6.04 Å². The molecule has 1 aliphatic carbocycles. The lowest BCUT2D eigenvalue weighted by Gasteiger charge is -2.13. The lowest BCUT2D eigenvalue weighted by molar-refractivity contribution is 0.182. The highest BCUT2D eigenvalue weighted by Gasteiger charge is 2.22. The number of anilines is 1. The highest BCUT2D eigenvalue weighted by Crippen LogP contribution is 2.24. The third-order valence-electron chi connectivity index (χ3n) is 3.07. The van der Waals surface area contributed by atoms with E-state index in [0.717, 1.165) is 42.1 Å². The van der Waals surface area contributed by atoms with E-state index < -0.39 is 0 Å². The molecule has 1 aromatic rings. The van der Waals surface area contributed by atoms with Gasteiger partial charge in [0, 0.05) is 12.2 Å². The van der Waals surface area contributed by atoms with Crippen LogP contribution in [0.5, 0.6) is 0 Å². The van der Waals surface area contributed by atoms with Crippen LogP contribution in [0.1, 0.15) is 31.7 Å². The van der Waals surface area contributed by atoms with Gasteiger partial charge < -0.3 is 10.4 Å². The molecule has 1 fully saturated rings. The van der Waals surface area contributed by atoms with Gasteiger partial charge in [0.2, 0.25) is 0 Å². The van der Waals surface area contributed by atoms with Crippen molar-refractivity contribution in [3.63, 3.8) is 0 Å². The van der Waals surface area contributed by atoms with Crippen molar-refractivity contribution in [3.05, 3.63) is 22.8 Å². The molecule has 2 rings (SSSR count). The van der Waals surface area contributed by atoms with Gasteiger partial charge in [0.15, 0.2) is 0 Å². The molecule has 0 aromatic carbocycles. The van der Waals surface area contributed by atoms with Gasteiger partial charge in [-0.1, -0.05) is 18.5 Å². The van der Waals surface area contributed by atoms with Crippen LogP contribution in [0.3, 0.4) is 0 Å². The van der Waals surface area contributed by atoms with Crippen molar-refractivity contribution in [2.24, 2.45) is 0 Å². The van der Waals surface area contributed by atoms with Gasteiger partial charge in [0.25, 0.3) is 0 Å². The Hall–Kier alpha value is -0.800. The first kappa shape index (κ1) is 11.7. The number of aryl methyl sites for hydroxylation is 1. The maximum Gasteiger partial charge on any atom is 0.126 e. The van der Waals surface area contributed by atoms with E-state index in [4.69, 9.17) is 11.6 Å². The van der Waals surface area contributed by atoms with Gasteiger partial charge in [-0.25, -0.2) is 4.98 Å². The molecule has 0 bridgehead atoms. The van der Waals surface area contributed by atoms with Crippen molar-refractivity contribution in [1.29, 1.82) is 0 Å². The molecular weight excluding hydrogens is 224 g/mol. The Kier molecular flexibility index (Phi) is 3.66. The first-order valence-corrected chi connectivity index (χ1v) is 6.16. The minimum absolute atomic E-state index is 0.157. The van der Waals surface area contributed by atoms with Crippen molar-refractivity contribution < 1.29 is 5.11 Å². The minimum atomic E-state index is -0.157. The van der Waals surface area contributed by atoms with Crippen LogP contribution in [0.25, 0.3) is 0 Å². The Bertz CT molecular complexity index is 370. The topological polar surface area (TPSA) is 45.1 Å². The van der Waals surface area contributed by atoms with E-state index in [1.54, 1.807) is 6.20 Å². The number of pyridine rings is 1. The number of aliphatic hydroxyl groups excluding tert-OH is 1. The van der Waals surface area contributed by atoms with Gasteiger partial charge in [-0.3, -0.25) is 0 Å². The molecule has 2 unspecified atom stereocenters. The highest BCUT2D eigenvalue weighted by atomic mass is 35.5. The molecule has 1 aromatic heterocycles. The van der Waals surface area contributed by atoms with E-state index in [9.17, 15) is 5.11 Å². The SMILES string of the molecule is CCc1cc(NC2CCC(O)C2)ncc1Cl. The lowest BCUT2D eigenvalue weighted by atomic mass is 10.2. The Labute approximate surface area is 101 Å². The summed E-state index contributed by atoms with van der Waals surface area (Å²) in [5.41, 5.74) is 1.11. The maximum atomic E-state index is 9.44. The van der Waals surface area contributed by atoms with E-state index in [1.165, 1.54) is 0 Å². The van der Waals surface area contributed by atoms with Gasteiger partial charge in [0.05, 0.1) is 11.1 Å². The van der Waals surface area contributed by atoms with E-state index in [-0.39, 0.29) is 6.10 Å². The fourth-order valence-electron chi connectivity index (χ4n) is 2.13. The molecule has 0 spiro atoms. The largest absolute Gasteiger partial charge is 0.393 e. The zero-order valence-electron chi connectivity index (χ0n) is 9.41. The first-order chi connectivity index (χ1) is 7.69. The predicted molar refractivity (Wildman–Crippen MR) is 65.9 cm³/mol. The molecule has 88 valence electrons. The Balaban J connectivity index is 2.04. The molecule has 2 atom stereocenters. The van der Waals surface area contributed by atoms with E-state index in [1.807, 2.05) is 6.07 Å². The van der Waals surface area contributed by atoms with Crippen LogP contribution >= 0.6 is 11.6 Å². The average Bonchev–Trinajstić information content (AvgIpc) is 2.67. The number of hydrogen-bond acceptors (Lipinski definition) is 3. The molecule has 4 heteroatoms. The number of aromatic nitrogens is 1. The molecule has 0 amide bonds. The summed E-state index contributed by atoms with van der Waals surface area (Å²) in [4.78, 5) is 4.25. The normalized spacial score (nSPS) is 24.7. The van der Waals surface area contributed by atoms with Gasteiger partial charge in [-0.05, 0) is 37.3 Å². The Morgan fingerprint density at radius 3 is 3.00 bits per heavy atom. The van der Waals surface area contributed by atoms with Crippen LogP contribution in [0.15, 0.2) is 12.3 Å². The third kappa shape index (κ3) is 2.66. The second kappa shape index (κ2) is 5.02. The minimum Gasteiger partial charge on any atom is -0.393 e. The standard InChI is InChI=1S/C12H17ClN2O/c1-2-8-5-12(14-7-11(8)13)15-9-3-4-10(16)6-9/h5,7,9-10,16H,2-4,6H2,1H3,(H,14,15). The summed E-state index contributed by atoms with van der Waals surface area (Å²) in [6.45, 7) is 2.07. The summed E-state index contributed by atoms with van der Waals surface area (Å²) in [5.74, 6) is 0.861. The molecule has 2 N–H and O–H groups in total. The molecule has 0 aliphatic heterocycles. The van der Waals surface area contributed by atoms with Gasteiger partial charge in [-0.2, -0.15) is 0 Å². The number of nitrogens with zero attached hydrogens (tertiary/aromatic N) is 1. The monoisotopic (exact) mass is 240 g/mol. The summed E-state index contributed by atoms with van der Waals surface area (Å²) in [6, 6.07) is 2.33. The van der Waals surface area contributed by atoms with Crippen molar-refractivity contribution in [2.45, 2.75) is 44.8 Å². The third-order valence-corrected chi connectivity index (χ3v) is 3.41. The summed E-state index contributed by atoms with van der Waals surface area (Å²) in [5, 5.41) is 13.5. The summed E-state index contributed by atoms with van der Waals surface area (Å²) < 4.78 is 0. The number of aliphatic hydroxyl groups is 1. The van der Waals surface area contributed by atoms with Crippen LogP contribution < -0.4 is 5.32 Å². The smallest absolute Gasteiger partial charge is 0.126 e. The molecule has 3 nitrogen and oxygen atoms in total. The van der Waals surface area contributed by atoms with Gasteiger partial charge in [0.1, 0.15) is 5.82 Å². The van der Waals surface area contributed by atoms with E-state index >= 15 is 0 Å². The fourth-order valence-corrected chi connectivity index (χ4v) is 2.37. The maximum absolute atomic E-state index is 9.44. The summed E-state index contributed by atoms with van der Waals surface area (Å²) >= 11 is 6.01. The van der Waals surface area contributed by atoms with E-state index in [2.05, 4.69) is 17.2 Å². The molecule has 1 aliphatic rings. The van der Waals surface area contributed by atoms with Crippen LogP contribution in [0, 0.1) is 0 Å². The van der Waals surface area contributed by atoms with Gasteiger partial charge >= 0.3 is 0 Å². The number of halogens is 1. The van der Waals surface area contributed by atoms with Crippen molar-refractivity contribution >= 4 is 17.4 Å². The van der Waals surface area contributed by atoms with Gasteiger partial charge in [-0.15, -0.1) is 0 Å². The molecule has 1 heterocycles. The second-order valence-electron chi connectivity index (χ2n) is 4.32. The van der Waals surface area contributed by atoms with Crippen LogP contribution in [0.2, 0.25) is 5.02 Å². The summed E-state index contributed by atoms with van der Waals surface area (Å²) in [6.07, 6.45) is 5.14. The highest BCUT2D eigenvalue weighted by molar-refractivity contribution is 6.31. The number of rotatable bonds is 3. The zero-order valence-corrected chi connectivity index (χ0v) is 10.2. The Morgan fingerprint density at radius 1 is 1.56 bits per heavy atom. The number of nitrogens with one attached hydrogen (secondary N) is 1. The molecule has 1 saturated carbocycles. The quantitative estimate of drug-likeness (QED) is 0.854. The Morgan fingerprint density at radius 2 is 2.38 bits per heavy atom. The summed E-state index contributed by atoms with van der Waals surface area (Å²) in [7, 11) is 0. The fraction of sp³-hybridized carbons (Fsp3) is 0.583. The molecule has 0 radical (unpaired) electrons. The molecule has 16 heavy (non-hydrogen) atoms. The molecule has 0 saturated heterocycles. The second-order valence-corrected chi connectivity index (χ2v) is 4.73. The van der Waals surface area contributed by atoms with Crippen molar-refractivity contribution in [2.75, 3.05) is 5.32 Å². The zero-order chi connectivity index (χ0) is 11.5.